The Hall–Kier alpha value is -2.95. The summed E-state index contributed by atoms with van der Waals surface area (Å²) in [5.41, 5.74) is 2.07. The Kier molecular flexibility index (Phi) is 6.80. The number of carbonyl (C=O) groups is 1. The van der Waals surface area contributed by atoms with Crippen LogP contribution in [0.5, 0.6) is 5.75 Å². The molecule has 1 saturated carbocycles. The SMILES string of the molecule is COC(=O)C(c1ccc(OCc2ccc3ccccc3n2)cc1F)C1CCCCCC1. The first kappa shape index (κ1) is 21.3. The van der Waals surface area contributed by atoms with Crippen LogP contribution in [0.1, 0.15) is 55.7 Å². The molecule has 4 rings (SSSR count). The number of hydrogen-bond acceptors (Lipinski definition) is 4. The molecule has 4 nitrogen and oxygen atoms in total. The summed E-state index contributed by atoms with van der Waals surface area (Å²) in [6.07, 6.45) is 6.32. The molecule has 0 saturated heterocycles. The summed E-state index contributed by atoms with van der Waals surface area (Å²) < 4.78 is 25.9. The molecule has 0 amide bonds. The number of fused-ring (bicyclic) bond motifs is 1. The van der Waals surface area contributed by atoms with Crippen LogP contribution in [-0.2, 0) is 16.1 Å². The molecule has 0 spiro atoms. The number of carbonyl (C=O) groups excluding carboxylic acids is 1. The fraction of sp³-hybridized carbons (Fsp3) is 0.385. The lowest BCUT2D eigenvalue weighted by Gasteiger charge is -2.25. The summed E-state index contributed by atoms with van der Waals surface area (Å²) in [7, 11) is 1.37. The maximum Gasteiger partial charge on any atom is 0.313 e. The van der Waals surface area contributed by atoms with Crippen LogP contribution >= 0.6 is 0 Å². The van der Waals surface area contributed by atoms with Crippen molar-refractivity contribution in [1.82, 2.24) is 4.98 Å². The van der Waals surface area contributed by atoms with Crippen LogP contribution in [0, 0.1) is 11.7 Å². The van der Waals surface area contributed by atoms with Gasteiger partial charge in [-0.15, -0.1) is 0 Å². The molecular formula is C26H28FNO3. The number of esters is 1. The number of rotatable bonds is 6. The zero-order chi connectivity index (χ0) is 21.6. The standard InChI is InChI=1S/C26H28FNO3/c1-30-26(29)25(19-9-4-2-3-5-10-19)22-15-14-21(16-23(22)27)31-17-20-13-12-18-8-6-7-11-24(18)28-20/h6-8,11-16,19,25H,2-5,9-10,17H2,1H3. The maximum absolute atomic E-state index is 15.1. The second-order valence-electron chi connectivity index (χ2n) is 8.22. The molecule has 1 aromatic heterocycles. The van der Waals surface area contributed by atoms with Gasteiger partial charge in [-0.2, -0.15) is 0 Å². The van der Waals surface area contributed by atoms with Crippen molar-refractivity contribution in [3.05, 3.63) is 71.7 Å². The highest BCUT2D eigenvalue weighted by atomic mass is 19.1. The van der Waals surface area contributed by atoms with E-state index >= 15 is 4.39 Å². The predicted molar refractivity (Wildman–Crippen MR) is 118 cm³/mol. The third-order valence-corrected chi connectivity index (χ3v) is 6.18. The molecule has 1 heterocycles. The molecule has 1 unspecified atom stereocenters. The number of methoxy groups -OCH3 is 1. The highest BCUT2D eigenvalue weighted by Crippen LogP contribution is 2.38. The van der Waals surface area contributed by atoms with Gasteiger partial charge in [0.05, 0.1) is 24.2 Å². The van der Waals surface area contributed by atoms with E-state index in [9.17, 15) is 4.79 Å². The van der Waals surface area contributed by atoms with E-state index < -0.39 is 11.7 Å². The first-order valence-electron chi connectivity index (χ1n) is 11.0. The zero-order valence-corrected chi connectivity index (χ0v) is 17.9. The Morgan fingerprint density at radius 1 is 1.06 bits per heavy atom. The summed E-state index contributed by atoms with van der Waals surface area (Å²) in [5, 5.41) is 1.06. The first-order valence-corrected chi connectivity index (χ1v) is 11.0. The molecular weight excluding hydrogens is 393 g/mol. The molecule has 3 aromatic rings. The topological polar surface area (TPSA) is 48.4 Å². The minimum Gasteiger partial charge on any atom is -0.487 e. The maximum atomic E-state index is 15.1. The third kappa shape index (κ3) is 5.04. The number of benzene rings is 2. The lowest BCUT2D eigenvalue weighted by atomic mass is 9.81. The minimum absolute atomic E-state index is 0.109. The van der Waals surface area contributed by atoms with E-state index in [1.54, 1.807) is 12.1 Å². The number of para-hydroxylation sites is 1. The molecule has 0 bridgehead atoms. The molecule has 162 valence electrons. The molecule has 2 aromatic carbocycles. The van der Waals surface area contributed by atoms with E-state index in [0.29, 0.717) is 11.3 Å². The van der Waals surface area contributed by atoms with Crippen LogP contribution in [0.3, 0.4) is 0 Å². The van der Waals surface area contributed by atoms with Gasteiger partial charge in [0.15, 0.2) is 0 Å². The molecule has 1 aliphatic rings. The summed E-state index contributed by atoms with van der Waals surface area (Å²) in [6, 6.07) is 16.5. The summed E-state index contributed by atoms with van der Waals surface area (Å²) in [4.78, 5) is 17.1. The number of ether oxygens (including phenoxy) is 2. The van der Waals surface area contributed by atoms with Crippen LogP contribution in [-0.4, -0.2) is 18.1 Å². The van der Waals surface area contributed by atoms with Crippen molar-refractivity contribution in [1.29, 1.82) is 0 Å². The summed E-state index contributed by atoms with van der Waals surface area (Å²) >= 11 is 0. The van der Waals surface area contributed by atoms with Crippen LogP contribution in [0.25, 0.3) is 10.9 Å². The van der Waals surface area contributed by atoms with Crippen molar-refractivity contribution < 1.29 is 18.7 Å². The Morgan fingerprint density at radius 2 is 1.84 bits per heavy atom. The van der Waals surface area contributed by atoms with E-state index in [4.69, 9.17) is 9.47 Å². The normalized spacial score (nSPS) is 15.9. The van der Waals surface area contributed by atoms with Crippen molar-refractivity contribution in [3.8, 4) is 5.75 Å². The van der Waals surface area contributed by atoms with Crippen molar-refractivity contribution in [2.45, 2.75) is 51.0 Å². The van der Waals surface area contributed by atoms with E-state index in [-0.39, 0.29) is 18.5 Å². The Labute approximate surface area is 182 Å². The molecule has 1 aliphatic carbocycles. The van der Waals surface area contributed by atoms with Gasteiger partial charge in [0.2, 0.25) is 0 Å². The van der Waals surface area contributed by atoms with Crippen LogP contribution in [0.2, 0.25) is 0 Å². The van der Waals surface area contributed by atoms with Gasteiger partial charge in [-0.05, 0) is 37.0 Å². The monoisotopic (exact) mass is 421 g/mol. The van der Waals surface area contributed by atoms with E-state index in [1.165, 1.54) is 26.0 Å². The number of pyridine rings is 1. The quantitative estimate of drug-likeness (QED) is 0.352. The van der Waals surface area contributed by atoms with Crippen LogP contribution < -0.4 is 4.74 Å². The second-order valence-corrected chi connectivity index (χ2v) is 8.22. The minimum atomic E-state index is -0.570. The van der Waals surface area contributed by atoms with Gasteiger partial charge in [-0.1, -0.05) is 56.0 Å². The number of nitrogens with zero attached hydrogens (tertiary/aromatic N) is 1. The Bertz CT molecular complexity index is 1040. The predicted octanol–water partition coefficient (Wildman–Crippen LogP) is 6.18. The van der Waals surface area contributed by atoms with Gasteiger partial charge < -0.3 is 9.47 Å². The van der Waals surface area contributed by atoms with Crippen molar-refractivity contribution >= 4 is 16.9 Å². The van der Waals surface area contributed by atoms with Crippen molar-refractivity contribution in [2.75, 3.05) is 7.11 Å². The van der Waals surface area contributed by atoms with E-state index in [0.717, 1.165) is 42.3 Å². The zero-order valence-electron chi connectivity index (χ0n) is 17.9. The number of halogens is 1. The van der Waals surface area contributed by atoms with Gasteiger partial charge in [-0.3, -0.25) is 4.79 Å². The van der Waals surface area contributed by atoms with Crippen molar-refractivity contribution in [2.24, 2.45) is 5.92 Å². The average Bonchev–Trinajstić information content (AvgIpc) is 3.08. The fourth-order valence-electron chi connectivity index (χ4n) is 4.54. The second kappa shape index (κ2) is 9.90. The average molecular weight is 422 g/mol. The first-order chi connectivity index (χ1) is 15.2. The third-order valence-electron chi connectivity index (χ3n) is 6.18. The van der Waals surface area contributed by atoms with E-state index in [2.05, 4.69) is 4.98 Å². The summed E-state index contributed by atoms with van der Waals surface area (Å²) in [6.45, 7) is 0.243. The number of hydrogen-bond donors (Lipinski definition) is 0. The Balaban J connectivity index is 1.50. The number of aromatic nitrogens is 1. The fourth-order valence-corrected chi connectivity index (χ4v) is 4.54. The largest absolute Gasteiger partial charge is 0.487 e. The molecule has 31 heavy (non-hydrogen) atoms. The van der Waals surface area contributed by atoms with Gasteiger partial charge in [0.25, 0.3) is 0 Å². The summed E-state index contributed by atoms with van der Waals surface area (Å²) in [5.74, 6) is -0.832. The van der Waals surface area contributed by atoms with Gasteiger partial charge in [-0.25, -0.2) is 9.37 Å². The van der Waals surface area contributed by atoms with Crippen molar-refractivity contribution in [3.63, 3.8) is 0 Å². The van der Waals surface area contributed by atoms with Gasteiger partial charge in [0, 0.05) is 17.0 Å². The smallest absolute Gasteiger partial charge is 0.313 e. The van der Waals surface area contributed by atoms with E-state index in [1.807, 2.05) is 36.4 Å². The molecule has 0 aliphatic heterocycles. The molecule has 5 heteroatoms. The highest BCUT2D eigenvalue weighted by Gasteiger charge is 2.33. The van der Waals surface area contributed by atoms with Crippen LogP contribution in [0.15, 0.2) is 54.6 Å². The molecule has 0 radical (unpaired) electrons. The lowest BCUT2D eigenvalue weighted by molar-refractivity contribution is -0.144. The highest BCUT2D eigenvalue weighted by molar-refractivity contribution is 5.79. The molecule has 1 atom stereocenters. The Morgan fingerprint density at radius 3 is 2.58 bits per heavy atom. The van der Waals surface area contributed by atoms with Gasteiger partial charge in [0.1, 0.15) is 18.2 Å². The van der Waals surface area contributed by atoms with Crippen LogP contribution in [0.4, 0.5) is 4.39 Å². The lowest BCUT2D eigenvalue weighted by Crippen LogP contribution is -2.24. The van der Waals surface area contributed by atoms with Gasteiger partial charge >= 0.3 is 5.97 Å². The molecule has 1 fully saturated rings. The molecule has 0 N–H and O–H groups in total.